The molecule has 0 radical (unpaired) electrons. The first-order valence-electron chi connectivity index (χ1n) is 11.3. The van der Waals surface area contributed by atoms with Crippen molar-refractivity contribution in [3.8, 4) is 11.4 Å². The van der Waals surface area contributed by atoms with Gasteiger partial charge in [0, 0.05) is 30.3 Å². The summed E-state index contributed by atoms with van der Waals surface area (Å²) < 4.78 is 7.89. The van der Waals surface area contributed by atoms with E-state index < -0.39 is 0 Å². The van der Waals surface area contributed by atoms with Gasteiger partial charge in [-0.2, -0.15) is 4.98 Å². The van der Waals surface area contributed by atoms with E-state index in [2.05, 4.69) is 25.8 Å². The first-order valence-corrected chi connectivity index (χ1v) is 11.3. The van der Waals surface area contributed by atoms with Gasteiger partial charge >= 0.3 is 0 Å². The van der Waals surface area contributed by atoms with Crippen molar-refractivity contribution >= 4 is 22.6 Å². The number of amides is 1. The zero-order chi connectivity index (χ0) is 21.7. The van der Waals surface area contributed by atoms with Crippen LogP contribution >= 0.6 is 0 Å². The Hall–Kier alpha value is -3.48. The lowest BCUT2D eigenvalue weighted by molar-refractivity contribution is -0.117. The van der Waals surface area contributed by atoms with Crippen LogP contribution in [-0.2, 0) is 4.79 Å². The number of hydrogen-bond donors (Lipinski definition) is 0. The number of anilines is 1. The van der Waals surface area contributed by atoms with Gasteiger partial charge in [-0.25, -0.2) is 4.98 Å². The number of fused-ring (bicyclic) bond motifs is 1. The number of carbonyl (C=O) groups excluding carboxylic acids is 1. The molecule has 162 valence electrons. The lowest BCUT2D eigenvalue weighted by atomic mass is 10.1. The number of rotatable bonds is 4. The molecule has 2 aliphatic rings. The summed E-state index contributed by atoms with van der Waals surface area (Å²) in [6.45, 7) is 2.59. The third kappa shape index (κ3) is 3.28. The van der Waals surface area contributed by atoms with Crippen LogP contribution in [0, 0.1) is 6.92 Å². The Morgan fingerprint density at radius 2 is 1.88 bits per heavy atom. The first-order chi connectivity index (χ1) is 15.7. The summed E-state index contributed by atoms with van der Waals surface area (Å²) in [4.78, 5) is 23.7. The Balaban J connectivity index is 1.23. The molecular weight excluding hydrogens is 402 g/mol. The average molecular weight is 428 g/mol. The van der Waals surface area contributed by atoms with Crippen molar-refractivity contribution in [3.05, 3.63) is 60.2 Å². The van der Waals surface area contributed by atoms with Crippen LogP contribution in [-0.4, -0.2) is 32.1 Å². The van der Waals surface area contributed by atoms with Crippen LogP contribution in [0.5, 0.6) is 0 Å². The summed E-state index contributed by atoms with van der Waals surface area (Å²) in [5.41, 5.74) is 5.06. The number of benzene rings is 2. The third-order valence-corrected chi connectivity index (χ3v) is 6.81. The second kappa shape index (κ2) is 7.58. The van der Waals surface area contributed by atoms with Crippen LogP contribution in [0.4, 0.5) is 5.69 Å². The summed E-state index contributed by atoms with van der Waals surface area (Å²) in [5, 5.41) is 4.21. The highest BCUT2D eigenvalue weighted by Crippen LogP contribution is 2.34. The maximum atomic E-state index is 12.6. The van der Waals surface area contributed by atoms with Gasteiger partial charge in [-0.05, 0) is 50.1 Å². The van der Waals surface area contributed by atoms with Crippen molar-refractivity contribution in [1.29, 1.82) is 0 Å². The Labute approximate surface area is 186 Å². The maximum absolute atomic E-state index is 12.6. The fourth-order valence-corrected chi connectivity index (χ4v) is 5.01. The van der Waals surface area contributed by atoms with Crippen LogP contribution in [0.25, 0.3) is 22.4 Å². The predicted molar refractivity (Wildman–Crippen MR) is 121 cm³/mol. The average Bonchev–Trinajstić information content (AvgIpc) is 3.59. The lowest BCUT2D eigenvalue weighted by Crippen LogP contribution is -2.24. The molecule has 7 nitrogen and oxygen atoms in total. The Morgan fingerprint density at radius 3 is 2.69 bits per heavy atom. The summed E-state index contributed by atoms with van der Waals surface area (Å²) in [6.07, 6.45) is 7.36. The monoisotopic (exact) mass is 427 g/mol. The second-order valence-electron chi connectivity index (χ2n) is 8.99. The van der Waals surface area contributed by atoms with E-state index in [0.717, 1.165) is 22.3 Å². The quantitative estimate of drug-likeness (QED) is 0.456. The summed E-state index contributed by atoms with van der Waals surface area (Å²) >= 11 is 0. The van der Waals surface area contributed by atoms with Crippen molar-refractivity contribution in [2.24, 2.45) is 0 Å². The molecule has 1 atom stereocenters. The van der Waals surface area contributed by atoms with E-state index in [0.29, 0.717) is 30.7 Å². The summed E-state index contributed by atoms with van der Waals surface area (Å²) in [5.74, 6) is 1.03. The molecule has 1 aliphatic carbocycles. The Morgan fingerprint density at radius 1 is 1.06 bits per heavy atom. The van der Waals surface area contributed by atoms with Crippen LogP contribution in [0.2, 0.25) is 0 Å². The van der Waals surface area contributed by atoms with Crippen LogP contribution in [0.15, 0.2) is 53.3 Å². The van der Waals surface area contributed by atoms with Gasteiger partial charge in [-0.1, -0.05) is 35.7 Å². The largest absolute Gasteiger partial charge is 0.339 e. The van der Waals surface area contributed by atoms with E-state index in [9.17, 15) is 4.79 Å². The van der Waals surface area contributed by atoms with E-state index in [4.69, 9.17) is 4.52 Å². The normalized spacial score (nSPS) is 19.5. The van der Waals surface area contributed by atoms with E-state index in [1.165, 1.54) is 31.2 Å². The van der Waals surface area contributed by atoms with Crippen molar-refractivity contribution in [2.45, 2.75) is 51.0 Å². The van der Waals surface area contributed by atoms with Gasteiger partial charge in [0.25, 0.3) is 0 Å². The highest BCUT2D eigenvalue weighted by atomic mass is 16.5. The molecule has 2 aromatic carbocycles. The molecule has 1 saturated heterocycles. The lowest BCUT2D eigenvalue weighted by Gasteiger charge is -2.16. The summed E-state index contributed by atoms with van der Waals surface area (Å²) in [6, 6.07) is 14.7. The van der Waals surface area contributed by atoms with Crippen LogP contribution in [0.3, 0.4) is 0 Å². The molecule has 2 fully saturated rings. The van der Waals surface area contributed by atoms with Crippen molar-refractivity contribution < 1.29 is 9.32 Å². The highest BCUT2D eigenvalue weighted by Gasteiger charge is 2.35. The maximum Gasteiger partial charge on any atom is 0.232 e. The fraction of sp³-hybridized carbons (Fsp3) is 0.360. The minimum Gasteiger partial charge on any atom is -0.339 e. The molecule has 0 spiro atoms. The Bertz CT molecular complexity index is 1280. The molecule has 4 aromatic rings. The predicted octanol–water partition coefficient (Wildman–Crippen LogP) is 5.03. The van der Waals surface area contributed by atoms with E-state index in [1.54, 1.807) is 4.90 Å². The van der Waals surface area contributed by atoms with Gasteiger partial charge in [0.15, 0.2) is 0 Å². The Kier molecular flexibility index (Phi) is 4.56. The molecule has 1 unspecified atom stereocenters. The number of carbonyl (C=O) groups is 1. The molecule has 1 amide bonds. The van der Waals surface area contributed by atoms with E-state index >= 15 is 0 Å². The van der Waals surface area contributed by atoms with E-state index in [1.807, 2.05) is 49.6 Å². The number of hydrogen-bond acceptors (Lipinski definition) is 5. The molecule has 32 heavy (non-hydrogen) atoms. The molecule has 0 bridgehead atoms. The highest BCUT2D eigenvalue weighted by molar-refractivity contribution is 5.96. The standard InChI is InChI=1S/C25H25N5O2/c1-16-6-9-20(10-7-16)29-14-18(13-23(29)31)25-27-24(28-32-25)17-8-11-22-21(12-17)26-15-30(22)19-4-2-3-5-19/h6-12,15,18-19H,2-5,13-14H2,1H3. The first kappa shape index (κ1) is 19.2. The number of imidazole rings is 1. The zero-order valence-electron chi connectivity index (χ0n) is 18.1. The van der Waals surface area contributed by atoms with E-state index in [-0.39, 0.29) is 11.8 Å². The zero-order valence-corrected chi connectivity index (χ0v) is 18.1. The molecule has 1 aliphatic heterocycles. The van der Waals surface area contributed by atoms with Gasteiger partial charge in [-0.15, -0.1) is 0 Å². The molecule has 2 aromatic heterocycles. The molecule has 6 rings (SSSR count). The second-order valence-corrected chi connectivity index (χ2v) is 8.99. The van der Waals surface area contributed by atoms with Crippen molar-refractivity contribution in [1.82, 2.24) is 19.7 Å². The summed E-state index contributed by atoms with van der Waals surface area (Å²) in [7, 11) is 0. The number of nitrogens with zero attached hydrogens (tertiary/aromatic N) is 5. The van der Waals surface area contributed by atoms with Gasteiger partial charge in [0.2, 0.25) is 17.6 Å². The fourth-order valence-electron chi connectivity index (χ4n) is 5.01. The van der Waals surface area contributed by atoms with Crippen molar-refractivity contribution in [2.75, 3.05) is 11.4 Å². The van der Waals surface area contributed by atoms with Crippen molar-refractivity contribution in [3.63, 3.8) is 0 Å². The van der Waals surface area contributed by atoms with Gasteiger partial charge < -0.3 is 14.0 Å². The van der Waals surface area contributed by atoms with Crippen LogP contribution in [0.1, 0.15) is 55.5 Å². The minimum atomic E-state index is -0.102. The topological polar surface area (TPSA) is 77.1 Å². The third-order valence-electron chi connectivity index (χ3n) is 6.81. The number of aromatic nitrogens is 4. The molecule has 1 saturated carbocycles. The number of aryl methyl sites for hydroxylation is 1. The van der Waals surface area contributed by atoms with Gasteiger partial charge in [0.1, 0.15) is 0 Å². The smallest absolute Gasteiger partial charge is 0.232 e. The van der Waals surface area contributed by atoms with Crippen LogP contribution < -0.4 is 4.90 Å². The molecule has 7 heteroatoms. The molecule has 0 N–H and O–H groups in total. The molecular formula is C25H25N5O2. The van der Waals surface area contributed by atoms with Gasteiger partial charge in [0.05, 0.1) is 23.3 Å². The SMILES string of the molecule is Cc1ccc(N2CC(c3nc(-c4ccc5c(c4)ncn5C4CCCC4)no3)CC2=O)cc1. The minimum absolute atomic E-state index is 0.0810. The van der Waals surface area contributed by atoms with Gasteiger partial charge in [-0.3, -0.25) is 4.79 Å². The molecule has 3 heterocycles.